The van der Waals surface area contributed by atoms with Crippen molar-refractivity contribution in [3.05, 3.63) is 24.3 Å². The van der Waals surface area contributed by atoms with E-state index >= 15 is 0 Å². The first kappa shape index (κ1) is 16.3. The summed E-state index contributed by atoms with van der Waals surface area (Å²) in [6.07, 6.45) is 4.80. The number of anilines is 2. The number of nitrogens with one attached hydrogen (secondary N) is 2. The quantitative estimate of drug-likeness (QED) is 0.813. The van der Waals surface area contributed by atoms with Gasteiger partial charge >= 0.3 is 0 Å². The van der Waals surface area contributed by atoms with Crippen molar-refractivity contribution in [2.24, 2.45) is 0 Å². The second-order valence-corrected chi connectivity index (χ2v) is 5.67. The van der Waals surface area contributed by atoms with Crippen molar-refractivity contribution < 1.29 is 9.59 Å². The maximum Gasteiger partial charge on any atom is 0.243 e. The maximum absolute atomic E-state index is 11.8. The molecule has 1 aliphatic heterocycles. The van der Waals surface area contributed by atoms with Crippen LogP contribution in [0.25, 0.3) is 0 Å². The molecule has 0 spiro atoms. The number of hydrogen-bond donors (Lipinski definition) is 2. The minimum absolute atomic E-state index is 0.0242. The first-order valence-corrected chi connectivity index (χ1v) is 8.10. The summed E-state index contributed by atoms with van der Waals surface area (Å²) in [5.74, 6) is -0.264. The van der Waals surface area contributed by atoms with E-state index in [1.165, 1.54) is 18.5 Å². The van der Waals surface area contributed by atoms with Gasteiger partial charge in [-0.2, -0.15) is 0 Å². The predicted molar refractivity (Wildman–Crippen MR) is 89.1 cm³/mol. The Morgan fingerprint density at radius 3 is 2.41 bits per heavy atom. The normalized spacial score (nSPS) is 14.0. The number of carbonyl (C=O) groups is 2. The Hall–Kier alpha value is -2.04. The van der Waals surface area contributed by atoms with Crippen molar-refractivity contribution in [3.8, 4) is 0 Å². The molecule has 2 rings (SSSR count). The Morgan fingerprint density at radius 2 is 1.77 bits per heavy atom. The van der Waals surface area contributed by atoms with Crippen LogP contribution in [-0.2, 0) is 9.59 Å². The molecular weight excluding hydrogens is 278 g/mol. The van der Waals surface area contributed by atoms with Crippen molar-refractivity contribution in [2.75, 3.05) is 29.9 Å². The molecule has 0 unspecified atom stereocenters. The lowest BCUT2D eigenvalue weighted by atomic mass is 10.2. The molecular formula is C17H25N3O2. The SMILES string of the molecule is CCCCC(=O)NCC(=O)Nc1ccc(N2CCCC2)cc1. The summed E-state index contributed by atoms with van der Waals surface area (Å²) in [6.45, 7) is 4.27. The molecule has 0 atom stereocenters. The molecule has 1 heterocycles. The Balaban J connectivity index is 1.75. The number of hydrogen-bond acceptors (Lipinski definition) is 3. The Bertz CT molecular complexity index is 493. The zero-order chi connectivity index (χ0) is 15.8. The van der Waals surface area contributed by atoms with Crippen LogP contribution in [0.15, 0.2) is 24.3 Å². The molecule has 1 saturated heterocycles. The zero-order valence-electron chi connectivity index (χ0n) is 13.2. The van der Waals surface area contributed by atoms with Crippen LogP contribution in [0.4, 0.5) is 11.4 Å². The first-order valence-electron chi connectivity index (χ1n) is 8.10. The lowest BCUT2D eigenvalue weighted by Crippen LogP contribution is -2.32. The van der Waals surface area contributed by atoms with Gasteiger partial charge in [-0.1, -0.05) is 13.3 Å². The summed E-state index contributed by atoms with van der Waals surface area (Å²) in [7, 11) is 0. The van der Waals surface area contributed by atoms with Crippen LogP contribution in [0, 0.1) is 0 Å². The summed E-state index contributed by atoms with van der Waals surface area (Å²) >= 11 is 0. The van der Waals surface area contributed by atoms with Crippen LogP contribution >= 0.6 is 0 Å². The van der Waals surface area contributed by atoms with Crippen LogP contribution < -0.4 is 15.5 Å². The average Bonchev–Trinajstić information content (AvgIpc) is 3.06. The third kappa shape index (κ3) is 5.06. The van der Waals surface area contributed by atoms with Gasteiger partial charge in [0.25, 0.3) is 0 Å². The highest BCUT2D eigenvalue weighted by Crippen LogP contribution is 2.21. The molecule has 0 aromatic heterocycles. The van der Waals surface area contributed by atoms with Crippen molar-refractivity contribution in [1.29, 1.82) is 0 Å². The van der Waals surface area contributed by atoms with E-state index in [4.69, 9.17) is 0 Å². The number of rotatable bonds is 7. The second-order valence-electron chi connectivity index (χ2n) is 5.67. The van der Waals surface area contributed by atoms with E-state index in [0.29, 0.717) is 6.42 Å². The lowest BCUT2D eigenvalue weighted by molar-refractivity contribution is -0.124. The summed E-state index contributed by atoms with van der Waals surface area (Å²) in [5, 5.41) is 5.43. The van der Waals surface area contributed by atoms with E-state index in [-0.39, 0.29) is 18.4 Å². The Kier molecular flexibility index (Phi) is 6.25. The Labute approximate surface area is 132 Å². The van der Waals surface area contributed by atoms with E-state index in [1.54, 1.807) is 0 Å². The highest BCUT2D eigenvalue weighted by atomic mass is 16.2. The number of unbranched alkanes of at least 4 members (excludes halogenated alkanes) is 1. The fraction of sp³-hybridized carbons (Fsp3) is 0.529. The van der Waals surface area contributed by atoms with Crippen molar-refractivity contribution in [3.63, 3.8) is 0 Å². The molecule has 1 aromatic rings. The van der Waals surface area contributed by atoms with Gasteiger partial charge < -0.3 is 15.5 Å². The molecule has 1 fully saturated rings. The van der Waals surface area contributed by atoms with Gasteiger partial charge in [-0.05, 0) is 43.5 Å². The van der Waals surface area contributed by atoms with Crippen molar-refractivity contribution in [2.45, 2.75) is 39.0 Å². The van der Waals surface area contributed by atoms with Crippen molar-refractivity contribution in [1.82, 2.24) is 5.32 Å². The number of amides is 2. The summed E-state index contributed by atoms with van der Waals surface area (Å²) in [6, 6.07) is 7.87. The van der Waals surface area contributed by atoms with Crippen LogP contribution in [0.1, 0.15) is 39.0 Å². The van der Waals surface area contributed by atoms with Crippen LogP contribution in [-0.4, -0.2) is 31.4 Å². The summed E-state index contributed by atoms with van der Waals surface area (Å²) < 4.78 is 0. The molecule has 1 aliphatic rings. The first-order chi connectivity index (χ1) is 10.7. The minimum Gasteiger partial charge on any atom is -0.372 e. The van der Waals surface area contributed by atoms with Crippen LogP contribution in [0.2, 0.25) is 0 Å². The van der Waals surface area contributed by atoms with Gasteiger partial charge in [0.2, 0.25) is 11.8 Å². The van der Waals surface area contributed by atoms with E-state index in [9.17, 15) is 9.59 Å². The highest BCUT2D eigenvalue weighted by molar-refractivity contribution is 5.94. The van der Waals surface area contributed by atoms with Crippen molar-refractivity contribution >= 4 is 23.2 Å². The monoisotopic (exact) mass is 303 g/mol. The fourth-order valence-electron chi connectivity index (χ4n) is 2.54. The van der Waals surface area contributed by atoms with E-state index < -0.39 is 0 Å². The smallest absolute Gasteiger partial charge is 0.243 e. The molecule has 5 heteroatoms. The Morgan fingerprint density at radius 1 is 1.09 bits per heavy atom. The van der Waals surface area contributed by atoms with Gasteiger partial charge in [-0.15, -0.1) is 0 Å². The molecule has 0 bridgehead atoms. The zero-order valence-corrected chi connectivity index (χ0v) is 13.2. The average molecular weight is 303 g/mol. The molecule has 0 radical (unpaired) electrons. The largest absolute Gasteiger partial charge is 0.372 e. The molecule has 0 aliphatic carbocycles. The fourth-order valence-corrected chi connectivity index (χ4v) is 2.54. The van der Waals surface area contributed by atoms with Gasteiger partial charge in [0.05, 0.1) is 6.54 Å². The third-order valence-electron chi connectivity index (χ3n) is 3.83. The third-order valence-corrected chi connectivity index (χ3v) is 3.83. The lowest BCUT2D eigenvalue weighted by Gasteiger charge is -2.17. The highest BCUT2D eigenvalue weighted by Gasteiger charge is 2.12. The van der Waals surface area contributed by atoms with E-state index in [0.717, 1.165) is 31.6 Å². The summed E-state index contributed by atoms with van der Waals surface area (Å²) in [5.41, 5.74) is 1.96. The number of benzene rings is 1. The molecule has 2 N–H and O–H groups in total. The molecule has 0 saturated carbocycles. The molecule has 1 aromatic carbocycles. The van der Waals surface area contributed by atoms with Gasteiger partial charge in [-0.3, -0.25) is 9.59 Å². The van der Waals surface area contributed by atoms with E-state index in [2.05, 4.69) is 15.5 Å². The number of nitrogens with zero attached hydrogens (tertiary/aromatic N) is 1. The minimum atomic E-state index is -0.196. The van der Waals surface area contributed by atoms with Gasteiger partial charge in [0.15, 0.2) is 0 Å². The summed E-state index contributed by atoms with van der Waals surface area (Å²) in [4.78, 5) is 25.6. The topological polar surface area (TPSA) is 61.4 Å². The molecule has 120 valence electrons. The standard InChI is InChI=1S/C17H25N3O2/c1-2-3-6-16(21)18-13-17(22)19-14-7-9-15(10-8-14)20-11-4-5-12-20/h7-10H,2-6,11-13H2,1H3,(H,18,21)(H,19,22). The van der Waals surface area contributed by atoms with Gasteiger partial charge in [0, 0.05) is 30.9 Å². The van der Waals surface area contributed by atoms with Crippen LogP contribution in [0.3, 0.4) is 0 Å². The van der Waals surface area contributed by atoms with Gasteiger partial charge in [0.1, 0.15) is 0 Å². The molecule has 22 heavy (non-hydrogen) atoms. The maximum atomic E-state index is 11.8. The van der Waals surface area contributed by atoms with Gasteiger partial charge in [-0.25, -0.2) is 0 Å². The molecule has 5 nitrogen and oxygen atoms in total. The second kappa shape index (κ2) is 8.41. The number of carbonyl (C=O) groups excluding carboxylic acids is 2. The predicted octanol–water partition coefficient (Wildman–Crippen LogP) is 2.53. The molecule has 2 amide bonds. The van der Waals surface area contributed by atoms with E-state index in [1.807, 2.05) is 31.2 Å². The van der Waals surface area contributed by atoms with Crippen LogP contribution in [0.5, 0.6) is 0 Å².